The van der Waals surface area contributed by atoms with Crippen molar-refractivity contribution in [2.24, 2.45) is 0 Å². The summed E-state index contributed by atoms with van der Waals surface area (Å²) in [6.07, 6.45) is 58.7. The third kappa shape index (κ3) is 42.3. The van der Waals surface area contributed by atoms with E-state index >= 15 is 0 Å². The Bertz CT molecular complexity index is 946. The maximum Gasteiger partial charge on any atom is 0.306 e. The first-order valence-electron chi connectivity index (χ1n) is 22.8. The monoisotopic (exact) mass is 755 g/mol. The summed E-state index contributed by atoms with van der Waals surface area (Å²) < 4.78 is 10.6. The van der Waals surface area contributed by atoms with Crippen molar-refractivity contribution in [1.82, 2.24) is 0 Å². The van der Waals surface area contributed by atoms with Crippen LogP contribution in [0.1, 0.15) is 219 Å². The quantitative estimate of drug-likeness (QED) is 0.0382. The highest BCUT2D eigenvalue weighted by molar-refractivity contribution is 5.70. The van der Waals surface area contributed by atoms with Gasteiger partial charge in [0, 0.05) is 12.8 Å². The van der Waals surface area contributed by atoms with Crippen LogP contribution in [0.3, 0.4) is 0 Å². The van der Waals surface area contributed by atoms with Gasteiger partial charge in [-0.25, -0.2) is 0 Å². The van der Waals surface area contributed by atoms with E-state index in [1.54, 1.807) is 0 Å². The molecule has 1 atom stereocenters. The molecule has 0 bridgehead atoms. The Kier molecular flexibility index (Phi) is 43.0. The zero-order chi connectivity index (χ0) is 39.3. The first-order valence-corrected chi connectivity index (χ1v) is 22.8. The fraction of sp³-hybridized carbons (Fsp3) is 0.755. The van der Waals surface area contributed by atoms with Crippen molar-refractivity contribution in [2.75, 3.05) is 13.2 Å². The molecule has 0 aromatic heterocycles. The van der Waals surface area contributed by atoms with Gasteiger partial charge in [0.2, 0.25) is 0 Å². The van der Waals surface area contributed by atoms with Crippen LogP contribution in [0.15, 0.2) is 60.8 Å². The first-order chi connectivity index (χ1) is 26.6. The highest BCUT2D eigenvalue weighted by Gasteiger charge is 2.16. The fourth-order valence-electron chi connectivity index (χ4n) is 6.31. The van der Waals surface area contributed by atoms with Gasteiger partial charge in [-0.05, 0) is 77.0 Å². The highest BCUT2D eigenvalue weighted by Crippen LogP contribution is 2.13. The molecule has 5 nitrogen and oxygen atoms in total. The zero-order valence-electron chi connectivity index (χ0n) is 35.5. The van der Waals surface area contributed by atoms with E-state index in [4.69, 9.17) is 9.47 Å². The van der Waals surface area contributed by atoms with E-state index in [0.29, 0.717) is 12.8 Å². The van der Waals surface area contributed by atoms with E-state index in [0.717, 1.165) is 44.9 Å². The second-order valence-electron chi connectivity index (χ2n) is 15.1. The molecule has 0 fully saturated rings. The number of aliphatic hydroxyl groups is 1. The molecule has 0 radical (unpaired) electrons. The number of carbonyl (C=O) groups excluding carboxylic acids is 2. The standard InChI is InChI=1S/C49H86O5/c1-3-5-7-9-11-13-15-17-19-21-23-24-26-28-30-32-34-36-38-40-42-44-49(52)54-47(45-50)46-53-48(51)43-41-39-37-35-33-31-29-27-25-22-20-18-16-14-12-10-8-6-4-2/h18-21,24,26,30,32,36,38,47,50H,3-17,22-23,25,27-29,31,33-35,37,39-46H2,1-2H3/b20-18+,21-19+,26-24+,32-30+,38-36+/t47-/m0/s1. The van der Waals surface area contributed by atoms with Gasteiger partial charge in [-0.15, -0.1) is 0 Å². The second kappa shape index (κ2) is 45.0. The van der Waals surface area contributed by atoms with Gasteiger partial charge < -0.3 is 14.6 Å². The van der Waals surface area contributed by atoms with Crippen molar-refractivity contribution >= 4 is 11.9 Å². The van der Waals surface area contributed by atoms with E-state index in [9.17, 15) is 14.7 Å². The topological polar surface area (TPSA) is 72.8 Å². The average Bonchev–Trinajstić information content (AvgIpc) is 3.17. The van der Waals surface area contributed by atoms with Crippen molar-refractivity contribution in [3.8, 4) is 0 Å². The Morgan fingerprint density at radius 3 is 1.19 bits per heavy atom. The lowest BCUT2D eigenvalue weighted by Gasteiger charge is -2.15. The van der Waals surface area contributed by atoms with Crippen LogP contribution in [0.2, 0.25) is 0 Å². The molecule has 0 saturated heterocycles. The molecule has 0 unspecified atom stereocenters. The summed E-state index contributed by atoms with van der Waals surface area (Å²) >= 11 is 0. The number of esters is 2. The van der Waals surface area contributed by atoms with Crippen LogP contribution < -0.4 is 0 Å². The minimum Gasteiger partial charge on any atom is -0.462 e. The van der Waals surface area contributed by atoms with Gasteiger partial charge in [0.1, 0.15) is 6.61 Å². The SMILES string of the molecule is CCCCCCCC/C=C/CCCCCCCCCCCC(=O)OC[C@H](CO)OC(=O)CCC/C=C/C/C=C/C/C=C/C/C=C/CCCCCCCCC. The van der Waals surface area contributed by atoms with Crippen LogP contribution in [0, 0.1) is 0 Å². The molecule has 54 heavy (non-hydrogen) atoms. The predicted molar refractivity (Wildman–Crippen MR) is 233 cm³/mol. The molecule has 1 N–H and O–H groups in total. The summed E-state index contributed by atoms with van der Waals surface area (Å²) in [6.45, 7) is 4.09. The van der Waals surface area contributed by atoms with Crippen LogP contribution in [-0.4, -0.2) is 36.4 Å². The number of rotatable bonds is 41. The molecule has 0 rings (SSSR count). The molecule has 0 spiro atoms. The normalized spacial score (nSPS) is 12.7. The van der Waals surface area contributed by atoms with E-state index < -0.39 is 6.10 Å². The Morgan fingerprint density at radius 1 is 0.426 bits per heavy atom. The molecule has 0 aliphatic carbocycles. The minimum atomic E-state index is -0.803. The van der Waals surface area contributed by atoms with E-state index in [1.165, 1.54) is 141 Å². The van der Waals surface area contributed by atoms with Gasteiger partial charge in [-0.1, -0.05) is 190 Å². The molecular formula is C49H86O5. The summed E-state index contributed by atoms with van der Waals surface area (Å²) in [5, 5.41) is 9.58. The molecule has 312 valence electrons. The predicted octanol–water partition coefficient (Wildman–Crippen LogP) is 14.7. The lowest BCUT2D eigenvalue weighted by molar-refractivity contribution is -0.161. The second-order valence-corrected chi connectivity index (χ2v) is 15.1. The highest BCUT2D eigenvalue weighted by atomic mass is 16.6. The largest absolute Gasteiger partial charge is 0.462 e. The fourth-order valence-corrected chi connectivity index (χ4v) is 6.31. The zero-order valence-corrected chi connectivity index (χ0v) is 35.5. The summed E-state index contributed by atoms with van der Waals surface area (Å²) in [5.74, 6) is -0.657. The van der Waals surface area contributed by atoms with Crippen LogP contribution in [0.25, 0.3) is 0 Å². The van der Waals surface area contributed by atoms with Crippen molar-refractivity contribution < 1.29 is 24.2 Å². The molecule has 0 aromatic carbocycles. The molecular weight excluding hydrogens is 669 g/mol. The Morgan fingerprint density at radius 2 is 0.759 bits per heavy atom. The summed E-state index contributed by atoms with van der Waals surface area (Å²) in [4.78, 5) is 24.3. The lowest BCUT2D eigenvalue weighted by atomic mass is 10.1. The number of carbonyl (C=O) groups is 2. The average molecular weight is 755 g/mol. The molecule has 0 aliphatic rings. The molecule has 0 heterocycles. The lowest BCUT2D eigenvalue weighted by Crippen LogP contribution is -2.28. The summed E-state index contributed by atoms with van der Waals surface area (Å²) in [6, 6.07) is 0. The van der Waals surface area contributed by atoms with Crippen LogP contribution in [0.5, 0.6) is 0 Å². The number of ether oxygens (including phenoxy) is 2. The Hall–Kier alpha value is -2.40. The Balaban J connectivity index is 3.63. The molecule has 0 saturated carbocycles. The van der Waals surface area contributed by atoms with Crippen molar-refractivity contribution in [3.63, 3.8) is 0 Å². The van der Waals surface area contributed by atoms with Crippen molar-refractivity contribution in [3.05, 3.63) is 60.8 Å². The third-order valence-corrected chi connectivity index (χ3v) is 9.78. The molecule has 0 amide bonds. The van der Waals surface area contributed by atoms with Crippen LogP contribution in [0.4, 0.5) is 0 Å². The smallest absolute Gasteiger partial charge is 0.306 e. The third-order valence-electron chi connectivity index (χ3n) is 9.78. The molecule has 0 aliphatic heterocycles. The van der Waals surface area contributed by atoms with Gasteiger partial charge >= 0.3 is 11.9 Å². The first kappa shape index (κ1) is 51.6. The van der Waals surface area contributed by atoms with E-state index in [-0.39, 0.29) is 31.6 Å². The molecule has 0 aromatic rings. The van der Waals surface area contributed by atoms with E-state index in [1.807, 2.05) is 0 Å². The molecule has 5 heteroatoms. The van der Waals surface area contributed by atoms with Crippen LogP contribution >= 0.6 is 0 Å². The van der Waals surface area contributed by atoms with E-state index in [2.05, 4.69) is 74.6 Å². The number of unbranched alkanes of at least 4 members (excludes halogenated alkanes) is 23. The summed E-state index contributed by atoms with van der Waals surface area (Å²) in [5.41, 5.74) is 0. The van der Waals surface area contributed by atoms with Gasteiger partial charge in [0.25, 0.3) is 0 Å². The van der Waals surface area contributed by atoms with Crippen molar-refractivity contribution in [1.29, 1.82) is 0 Å². The van der Waals surface area contributed by atoms with Gasteiger partial charge in [-0.2, -0.15) is 0 Å². The maximum absolute atomic E-state index is 12.2. The van der Waals surface area contributed by atoms with Gasteiger partial charge in [0.15, 0.2) is 6.10 Å². The van der Waals surface area contributed by atoms with Gasteiger partial charge in [0.05, 0.1) is 6.61 Å². The number of aliphatic hydroxyl groups excluding tert-OH is 1. The van der Waals surface area contributed by atoms with Crippen molar-refractivity contribution in [2.45, 2.75) is 225 Å². The number of hydrogen-bond donors (Lipinski definition) is 1. The number of allylic oxidation sites excluding steroid dienone is 10. The Labute approximate surface area is 334 Å². The van der Waals surface area contributed by atoms with Gasteiger partial charge in [-0.3, -0.25) is 9.59 Å². The minimum absolute atomic E-state index is 0.0899. The summed E-state index contributed by atoms with van der Waals surface area (Å²) in [7, 11) is 0. The maximum atomic E-state index is 12.2. The van der Waals surface area contributed by atoms with Crippen LogP contribution in [-0.2, 0) is 19.1 Å². The number of hydrogen-bond acceptors (Lipinski definition) is 5.